The molecule has 0 aromatic rings. The average molecular weight is 967 g/mol. The maximum Gasteiger partial charge on any atom is 0.472 e. The van der Waals surface area contributed by atoms with E-state index in [0.29, 0.717) is 12.8 Å². The molecule has 65 heavy (non-hydrogen) atoms. The first-order valence-corrected chi connectivity index (χ1v) is 27.2. The minimum Gasteiger partial charge on any atom is -0.462 e. The van der Waals surface area contributed by atoms with E-state index >= 15 is 0 Å². The van der Waals surface area contributed by atoms with Gasteiger partial charge in [0, 0.05) is 12.8 Å². The zero-order chi connectivity index (χ0) is 48.2. The van der Waals surface area contributed by atoms with Crippen LogP contribution in [-0.4, -0.2) is 103 Å². The first-order valence-electron chi connectivity index (χ1n) is 24.2. The molecule has 1 fully saturated rings. The van der Waals surface area contributed by atoms with Gasteiger partial charge in [0.1, 0.15) is 43.2 Å². The van der Waals surface area contributed by atoms with Gasteiger partial charge in [0.2, 0.25) is 0 Å². The second-order valence-corrected chi connectivity index (χ2v) is 19.4. The number of hydrogen-bond donors (Lipinski definition) is 7. The third kappa shape index (κ3) is 32.4. The Morgan fingerprint density at radius 3 is 1.40 bits per heavy atom. The Balaban J connectivity index is 2.61. The summed E-state index contributed by atoms with van der Waals surface area (Å²) in [6.07, 6.45) is 27.8. The topological polar surface area (TPSA) is 256 Å². The Morgan fingerprint density at radius 1 is 0.492 bits per heavy atom. The summed E-state index contributed by atoms with van der Waals surface area (Å²) in [5, 5.41) is 41.2. The molecule has 18 heteroatoms. The zero-order valence-corrected chi connectivity index (χ0v) is 40.9. The van der Waals surface area contributed by atoms with E-state index in [1.54, 1.807) is 0 Å². The highest BCUT2D eigenvalue weighted by Crippen LogP contribution is 2.49. The fourth-order valence-corrected chi connectivity index (χ4v) is 8.62. The molecular formula is C47H84O16P2. The summed E-state index contributed by atoms with van der Waals surface area (Å²) >= 11 is 0. The lowest BCUT2D eigenvalue weighted by Crippen LogP contribution is -2.64. The van der Waals surface area contributed by atoms with E-state index in [1.807, 2.05) is 0 Å². The van der Waals surface area contributed by atoms with E-state index in [2.05, 4.69) is 67.0 Å². The van der Waals surface area contributed by atoms with E-state index in [-0.39, 0.29) is 12.8 Å². The average Bonchev–Trinajstić information content (AvgIpc) is 3.26. The number of rotatable bonds is 40. The summed E-state index contributed by atoms with van der Waals surface area (Å²) in [7, 11) is -10.7. The lowest BCUT2D eigenvalue weighted by atomic mass is 9.85. The van der Waals surface area contributed by atoms with Crippen LogP contribution < -0.4 is 0 Å². The fourth-order valence-electron chi connectivity index (χ4n) is 7.09. The summed E-state index contributed by atoms with van der Waals surface area (Å²) in [6.45, 7) is 3.05. The Labute approximate surface area is 388 Å². The predicted octanol–water partition coefficient (Wildman–Crippen LogP) is 9.29. The molecule has 0 amide bonds. The van der Waals surface area contributed by atoms with E-state index in [0.717, 1.165) is 83.5 Å². The molecule has 0 spiro atoms. The van der Waals surface area contributed by atoms with Crippen LogP contribution in [0.25, 0.3) is 0 Å². The zero-order valence-electron chi connectivity index (χ0n) is 39.2. The van der Waals surface area contributed by atoms with Crippen LogP contribution in [0.4, 0.5) is 0 Å². The SMILES string of the molecule is CCCCC/C=C\C/C=C\C/C=C\CCCCCCC(=O)OC[C@H](COP(=O)(O)O[C@H]1C(O)C(O)C(O)[C@@H](OP(=O)(O)O)C1O)OC(=O)CCCCCCC/C=C\CCCCCCCC. The lowest BCUT2D eigenvalue weighted by Gasteiger charge is -2.43. The minimum absolute atomic E-state index is 0.0280. The quantitative estimate of drug-likeness (QED) is 0.0131. The largest absolute Gasteiger partial charge is 0.472 e. The number of allylic oxidation sites excluding steroid dienone is 8. The molecule has 8 atom stereocenters. The number of ether oxygens (including phenoxy) is 2. The number of phosphoric ester groups is 2. The monoisotopic (exact) mass is 967 g/mol. The molecule has 5 unspecified atom stereocenters. The highest BCUT2D eigenvalue weighted by molar-refractivity contribution is 7.47. The van der Waals surface area contributed by atoms with Crippen molar-refractivity contribution in [2.45, 2.75) is 224 Å². The van der Waals surface area contributed by atoms with Crippen molar-refractivity contribution in [1.82, 2.24) is 0 Å². The van der Waals surface area contributed by atoms with Crippen LogP contribution in [-0.2, 0) is 41.8 Å². The maximum absolute atomic E-state index is 13.0. The van der Waals surface area contributed by atoms with E-state index < -0.39 is 83.5 Å². The van der Waals surface area contributed by atoms with Crippen LogP contribution in [0.3, 0.4) is 0 Å². The number of aliphatic hydroxyl groups is 4. The minimum atomic E-state index is -5.37. The lowest BCUT2D eigenvalue weighted by molar-refractivity contribution is -0.216. The van der Waals surface area contributed by atoms with Gasteiger partial charge in [-0.15, -0.1) is 0 Å². The number of phosphoric acid groups is 2. The number of carbonyl (C=O) groups is 2. The normalized spacial score (nSPS) is 22.0. The number of unbranched alkanes of at least 4 members (excludes halogenated alkanes) is 18. The van der Waals surface area contributed by atoms with Crippen molar-refractivity contribution in [3.63, 3.8) is 0 Å². The van der Waals surface area contributed by atoms with Gasteiger partial charge >= 0.3 is 27.6 Å². The second-order valence-electron chi connectivity index (χ2n) is 16.8. The molecule has 1 saturated carbocycles. The summed E-state index contributed by atoms with van der Waals surface area (Å²) in [5.41, 5.74) is 0. The highest BCUT2D eigenvalue weighted by atomic mass is 31.2. The van der Waals surface area contributed by atoms with Crippen LogP contribution in [0.15, 0.2) is 48.6 Å². The Morgan fingerprint density at radius 2 is 0.892 bits per heavy atom. The van der Waals surface area contributed by atoms with Gasteiger partial charge in [0.05, 0.1) is 6.61 Å². The van der Waals surface area contributed by atoms with Gasteiger partial charge in [-0.3, -0.25) is 23.2 Å². The molecule has 0 saturated heterocycles. The predicted molar refractivity (Wildman–Crippen MR) is 250 cm³/mol. The van der Waals surface area contributed by atoms with Crippen molar-refractivity contribution in [1.29, 1.82) is 0 Å². The fraction of sp³-hybridized carbons (Fsp3) is 0.787. The Hall–Kier alpha value is -2.04. The summed E-state index contributed by atoms with van der Waals surface area (Å²) < 4.78 is 49.4. The number of aliphatic hydroxyl groups excluding tert-OH is 4. The summed E-state index contributed by atoms with van der Waals surface area (Å²) in [5.74, 6) is -1.24. The smallest absolute Gasteiger partial charge is 0.462 e. The van der Waals surface area contributed by atoms with E-state index in [9.17, 15) is 53.8 Å². The van der Waals surface area contributed by atoms with Gasteiger partial charge in [-0.05, 0) is 77.0 Å². The van der Waals surface area contributed by atoms with Crippen LogP contribution in [0.1, 0.15) is 181 Å². The number of esters is 2. The van der Waals surface area contributed by atoms with Crippen molar-refractivity contribution in [2.75, 3.05) is 13.2 Å². The molecule has 378 valence electrons. The van der Waals surface area contributed by atoms with Crippen molar-refractivity contribution >= 4 is 27.6 Å². The Kier molecular flexibility index (Phi) is 35.5. The standard InChI is InChI=1S/C47H84O16P2/c1-3-5-7-9-11-13-15-17-19-20-22-23-25-27-29-31-33-35-40(48)59-37-39(61-41(49)36-34-32-30-28-26-24-21-18-16-14-12-10-8-6-4-2)38-60-65(57,58)63-47-44(52)42(50)43(51)46(45(47)53)62-64(54,55)56/h11,13,17-19,21-23,39,42-47,50-53H,3-10,12,14-16,20,24-38H2,1-2H3,(H,57,58)(H2,54,55,56)/b13-11-,19-17-,21-18-,23-22-/t39-,42?,43?,44?,45?,46-,47+/m1/s1. The second kappa shape index (κ2) is 37.9. The van der Waals surface area contributed by atoms with Gasteiger partial charge in [-0.2, -0.15) is 0 Å². The van der Waals surface area contributed by atoms with Gasteiger partial charge in [0.15, 0.2) is 6.10 Å². The Bertz CT molecular complexity index is 1450. The van der Waals surface area contributed by atoms with Crippen molar-refractivity contribution in [3.8, 4) is 0 Å². The first-order chi connectivity index (χ1) is 31.1. The molecule has 0 bridgehead atoms. The molecule has 1 aliphatic carbocycles. The molecule has 1 aliphatic rings. The van der Waals surface area contributed by atoms with Gasteiger partial charge in [-0.25, -0.2) is 9.13 Å². The van der Waals surface area contributed by atoms with Crippen LogP contribution >= 0.6 is 15.6 Å². The first kappa shape index (κ1) is 61.0. The number of hydrogen-bond acceptors (Lipinski definition) is 13. The van der Waals surface area contributed by atoms with Crippen molar-refractivity contribution < 1.29 is 76.9 Å². The summed E-state index contributed by atoms with van der Waals surface area (Å²) in [4.78, 5) is 54.3. The molecule has 7 N–H and O–H groups in total. The van der Waals surface area contributed by atoms with E-state index in [4.69, 9.17) is 18.5 Å². The van der Waals surface area contributed by atoms with Crippen molar-refractivity contribution in [2.24, 2.45) is 0 Å². The molecule has 0 heterocycles. The molecular weight excluding hydrogens is 882 g/mol. The molecule has 16 nitrogen and oxygen atoms in total. The van der Waals surface area contributed by atoms with Crippen LogP contribution in [0.2, 0.25) is 0 Å². The van der Waals surface area contributed by atoms with Gasteiger partial charge < -0.3 is 44.6 Å². The molecule has 0 radical (unpaired) electrons. The van der Waals surface area contributed by atoms with Crippen molar-refractivity contribution in [3.05, 3.63) is 48.6 Å². The third-order valence-corrected chi connectivity index (χ3v) is 12.4. The molecule has 1 rings (SSSR count). The van der Waals surface area contributed by atoms with Crippen LogP contribution in [0.5, 0.6) is 0 Å². The molecule has 0 aliphatic heterocycles. The van der Waals surface area contributed by atoms with Gasteiger partial charge in [-0.1, -0.05) is 140 Å². The molecule has 0 aromatic heterocycles. The maximum atomic E-state index is 13.0. The molecule has 0 aromatic carbocycles. The van der Waals surface area contributed by atoms with Gasteiger partial charge in [0.25, 0.3) is 0 Å². The van der Waals surface area contributed by atoms with Crippen LogP contribution in [0, 0.1) is 0 Å². The third-order valence-electron chi connectivity index (χ3n) is 10.9. The summed E-state index contributed by atoms with van der Waals surface area (Å²) in [6, 6.07) is 0. The van der Waals surface area contributed by atoms with E-state index in [1.165, 1.54) is 57.8 Å². The highest BCUT2D eigenvalue weighted by Gasteiger charge is 2.54. The number of carbonyl (C=O) groups excluding carboxylic acids is 2.